The van der Waals surface area contributed by atoms with Gasteiger partial charge in [0.15, 0.2) is 0 Å². The smallest absolute Gasteiger partial charge is 0.145 e. The SMILES string of the molecule is CCCC1(C(=O)Cc2cn(C)nn2)CCNCC1. The molecule has 0 radical (unpaired) electrons. The van der Waals surface area contributed by atoms with E-state index in [9.17, 15) is 4.79 Å². The molecule has 1 saturated heterocycles. The number of nitrogens with one attached hydrogen (secondary N) is 1. The van der Waals surface area contributed by atoms with Crippen molar-refractivity contribution >= 4 is 5.78 Å². The van der Waals surface area contributed by atoms with Crippen LogP contribution in [0, 0.1) is 5.41 Å². The lowest BCUT2D eigenvalue weighted by Gasteiger charge is -2.36. The van der Waals surface area contributed by atoms with Crippen LogP contribution < -0.4 is 5.32 Å². The first kappa shape index (κ1) is 13.2. The fraction of sp³-hybridized carbons (Fsp3) is 0.769. The second-order valence-electron chi connectivity index (χ2n) is 5.26. The second kappa shape index (κ2) is 5.61. The van der Waals surface area contributed by atoms with Crippen molar-refractivity contribution in [2.45, 2.75) is 39.0 Å². The van der Waals surface area contributed by atoms with Crippen LogP contribution in [0.3, 0.4) is 0 Å². The van der Waals surface area contributed by atoms with E-state index in [0.29, 0.717) is 12.2 Å². The normalized spacial score (nSPS) is 18.8. The van der Waals surface area contributed by atoms with Crippen molar-refractivity contribution in [2.24, 2.45) is 12.5 Å². The molecule has 0 bridgehead atoms. The third kappa shape index (κ3) is 2.77. The van der Waals surface area contributed by atoms with Crippen LogP contribution in [0.5, 0.6) is 0 Å². The fourth-order valence-electron chi connectivity index (χ4n) is 2.88. The van der Waals surface area contributed by atoms with E-state index in [1.807, 2.05) is 13.2 Å². The van der Waals surface area contributed by atoms with Gasteiger partial charge in [-0.1, -0.05) is 18.6 Å². The first-order chi connectivity index (χ1) is 8.66. The summed E-state index contributed by atoms with van der Waals surface area (Å²) in [5.74, 6) is 0.339. The third-order valence-electron chi connectivity index (χ3n) is 3.87. The Bertz CT molecular complexity index is 401. The minimum Gasteiger partial charge on any atom is -0.317 e. The lowest BCUT2D eigenvalue weighted by molar-refractivity contribution is -0.130. The predicted octanol–water partition coefficient (Wildman–Crippen LogP) is 1.10. The number of carbonyl (C=O) groups is 1. The summed E-state index contributed by atoms with van der Waals surface area (Å²) in [7, 11) is 1.83. The van der Waals surface area contributed by atoms with Crippen molar-refractivity contribution in [1.82, 2.24) is 20.3 Å². The molecular weight excluding hydrogens is 228 g/mol. The zero-order valence-corrected chi connectivity index (χ0v) is 11.3. The minimum atomic E-state index is -0.127. The first-order valence-electron chi connectivity index (χ1n) is 6.75. The second-order valence-corrected chi connectivity index (χ2v) is 5.26. The Morgan fingerprint density at radius 1 is 1.50 bits per heavy atom. The van der Waals surface area contributed by atoms with Gasteiger partial charge in [0.05, 0.1) is 12.1 Å². The Hall–Kier alpha value is -1.23. The van der Waals surface area contributed by atoms with Gasteiger partial charge in [-0.25, -0.2) is 0 Å². The minimum absolute atomic E-state index is 0.127. The maximum atomic E-state index is 12.6. The topological polar surface area (TPSA) is 59.8 Å². The Kier molecular flexibility index (Phi) is 4.11. The molecule has 1 N–H and O–H groups in total. The van der Waals surface area contributed by atoms with Crippen LogP contribution in [0.25, 0.3) is 0 Å². The number of piperidine rings is 1. The summed E-state index contributed by atoms with van der Waals surface area (Å²) in [4.78, 5) is 12.6. The van der Waals surface area contributed by atoms with E-state index in [0.717, 1.165) is 44.5 Å². The maximum Gasteiger partial charge on any atom is 0.145 e. The number of aryl methyl sites for hydroxylation is 1. The molecule has 5 nitrogen and oxygen atoms in total. The average Bonchev–Trinajstić information content (AvgIpc) is 2.76. The summed E-state index contributed by atoms with van der Waals surface area (Å²) in [6, 6.07) is 0. The van der Waals surface area contributed by atoms with Gasteiger partial charge in [0.1, 0.15) is 5.78 Å². The zero-order chi connectivity index (χ0) is 13.0. The van der Waals surface area contributed by atoms with Crippen molar-refractivity contribution in [1.29, 1.82) is 0 Å². The number of ketones is 1. The van der Waals surface area contributed by atoms with Crippen molar-refractivity contribution in [3.8, 4) is 0 Å². The third-order valence-corrected chi connectivity index (χ3v) is 3.87. The van der Waals surface area contributed by atoms with E-state index in [-0.39, 0.29) is 5.41 Å². The van der Waals surface area contributed by atoms with Crippen LogP contribution in [-0.2, 0) is 18.3 Å². The van der Waals surface area contributed by atoms with E-state index in [2.05, 4.69) is 22.6 Å². The van der Waals surface area contributed by atoms with E-state index in [1.54, 1.807) is 4.68 Å². The van der Waals surface area contributed by atoms with Crippen LogP contribution >= 0.6 is 0 Å². The molecule has 0 aromatic carbocycles. The van der Waals surface area contributed by atoms with Gasteiger partial charge in [0, 0.05) is 18.7 Å². The number of Topliss-reactive ketones (excluding diaryl/α,β-unsaturated/α-hetero) is 1. The predicted molar refractivity (Wildman–Crippen MR) is 69.2 cm³/mol. The Labute approximate surface area is 108 Å². The van der Waals surface area contributed by atoms with Crippen LogP contribution in [0.4, 0.5) is 0 Å². The Morgan fingerprint density at radius 2 is 2.22 bits per heavy atom. The van der Waals surface area contributed by atoms with Gasteiger partial charge < -0.3 is 5.32 Å². The molecule has 1 fully saturated rings. The summed E-state index contributed by atoms with van der Waals surface area (Å²) in [6.07, 6.45) is 6.23. The summed E-state index contributed by atoms with van der Waals surface area (Å²) in [5.41, 5.74) is 0.661. The quantitative estimate of drug-likeness (QED) is 0.850. The fourth-order valence-corrected chi connectivity index (χ4v) is 2.88. The summed E-state index contributed by atoms with van der Waals surface area (Å²) in [6.45, 7) is 4.05. The molecule has 1 aromatic rings. The molecular formula is C13H22N4O. The molecule has 1 aromatic heterocycles. The van der Waals surface area contributed by atoms with Crippen molar-refractivity contribution in [3.05, 3.63) is 11.9 Å². The zero-order valence-electron chi connectivity index (χ0n) is 11.3. The Morgan fingerprint density at radius 3 is 2.78 bits per heavy atom. The molecule has 100 valence electrons. The van der Waals surface area contributed by atoms with Crippen molar-refractivity contribution < 1.29 is 4.79 Å². The van der Waals surface area contributed by atoms with Gasteiger partial charge in [-0.05, 0) is 32.4 Å². The number of carbonyl (C=O) groups excluding carboxylic acids is 1. The molecule has 1 aliphatic heterocycles. The average molecular weight is 250 g/mol. The highest BCUT2D eigenvalue weighted by Gasteiger charge is 2.38. The molecule has 5 heteroatoms. The number of rotatable bonds is 5. The molecule has 0 spiro atoms. The molecule has 0 unspecified atom stereocenters. The van der Waals surface area contributed by atoms with Crippen molar-refractivity contribution in [3.63, 3.8) is 0 Å². The van der Waals surface area contributed by atoms with Crippen LogP contribution in [0.15, 0.2) is 6.20 Å². The molecule has 0 amide bonds. The van der Waals surface area contributed by atoms with Gasteiger partial charge in [-0.15, -0.1) is 5.10 Å². The van der Waals surface area contributed by atoms with Gasteiger partial charge in [-0.3, -0.25) is 9.48 Å². The molecule has 0 saturated carbocycles. The van der Waals surface area contributed by atoms with E-state index in [1.165, 1.54) is 0 Å². The Balaban J connectivity index is 2.08. The number of nitrogens with zero attached hydrogens (tertiary/aromatic N) is 3. The number of hydrogen-bond donors (Lipinski definition) is 1. The first-order valence-corrected chi connectivity index (χ1v) is 6.75. The van der Waals surface area contributed by atoms with E-state index < -0.39 is 0 Å². The van der Waals surface area contributed by atoms with Crippen LogP contribution in [0.2, 0.25) is 0 Å². The van der Waals surface area contributed by atoms with Gasteiger partial charge >= 0.3 is 0 Å². The summed E-state index contributed by atoms with van der Waals surface area (Å²) in [5, 5.41) is 11.2. The highest BCUT2D eigenvalue weighted by Crippen LogP contribution is 2.35. The molecule has 2 heterocycles. The van der Waals surface area contributed by atoms with Gasteiger partial charge in [-0.2, -0.15) is 0 Å². The van der Waals surface area contributed by atoms with Crippen LogP contribution in [0.1, 0.15) is 38.3 Å². The number of hydrogen-bond acceptors (Lipinski definition) is 4. The molecule has 18 heavy (non-hydrogen) atoms. The highest BCUT2D eigenvalue weighted by atomic mass is 16.1. The van der Waals surface area contributed by atoms with E-state index >= 15 is 0 Å². The standard InChI is InChI=1S/C13H22N4O/c1-3-4-13(5-7-14-8-6-13)12(18)9-11-10-17(2)16-15-11/h10,14H,3-9H2,1-2H3. The molecule has 2 rings (SSSR count). The molecule has 1 aliphatic rings. The van der Waals surface area contributed by atoms with Crippen molar-refractivity contribution in [2.75, 3.05) is 13.1 Å². The lowest BCUT2D eigenvalue weighted by Crippen LogP contribution is -2.42. The van der Waals surface area contributed by atoms with Gasteiger partial charge in [0.25, 0.3) is 0 Å². The van der Waals surface area contributed by atoms with Gasteiger partial charge in [0.2, 0.25) is 0 Å². The monoisotopic (exact) mass is 250 g/mol. The summed E-state index contributed by atoms with van der Waals surface area (Å²) < 4.78 is 1.65. The highest BCUT2D eigenvalue weighted by molar-refractivity contribution is 5.86. The largest absolute Gasteiger partial charge is 0.317 e. The van der Waals surface area contributed by atoms with Crippen LogP contribution in [-0.4, -0.2) is 33.9 Å². The lowest BCUT2D eigenvalue weighted by atomic mass is 9.71. The molecule has 0 aliphatic carbocycles. The summed E-state index contributed by atoms with van der Waals surface area (Å²) >= 11 is 0. The van der Waals surface area contributed by atoms with E-state index in [4.69, 9.17) is 0 Å². The molecule has 0 atom stereocenters. The number of aromatic nitrogens is 3. The maximum absolute atomic E-state index is 12.6.